The lowest BCUT2D eigenvalue weighted by atomic mass is 9.86. The molecule has 0 aromatic heterocycles. The van der Waals surface area contributed by atoms with E-state index in [0.717, 1.165) is 6.42 Å². The highest BCUT2D eigenvalue weighted by Gasteiger charge is 2.31. The molecular formula is C13H28N2O. The largest absolute Gasteiger partial charge is 0.342 e. The van der Waals surface area contributed by atoms with Crippen LogP contribution in [-0.2, 0) is 4.79 Å². The van der Waals surface area contributed by atoms with Crippen molar-refractivity contribution in [1.29, 1.82) is 0 Å². The van der Waals surface area contributed by atoms with Gasteiger partial charge in [0.05, 0.1) is 6.04 Å². The van der Waals surface area contributed by atoms with Crippen molar-refractivity contribution >= 4 is 5.91 Å². The van der Waals surface area contributed by atoms with E-state index in [2.05, 4.69) is 20.8 Å². The van der Waals surface area contributed by atoms with Gasteiger partial charge >= 0.3 is 0 Å². The van der Waals surface area contributed by atoms with E-state index < -0.39 is 6.04 Å². The Morgan fingerprint density at radius 2 is 1.69 bits per heavy atom. The Bertz CT molecular complexity index is 231. The molecule has 3 heteroatoms. The van der Waals surface area contributed by atoms with E-state index in [1.165, 1.54) is 0 Å². The van der Waals surface area contributed by atoms with Crippen LogP contribution in [-0.4, -0.2) is 29.9 Å². The topological polar surface area (TPSA) is 46.3 Å². The summed E-state index contributed by atoms with van der Waals surface area (Å²) in [6.07, 6.45) is 1.01. The maximum atomic E-state index is 12.1. The van der Waals surface area contributed by atoms with Gasteiger partial charge < -0.3 is 10.6 Å². The molecule has 3 nitrogen and oxygen atoms in total. The van der Waals surface area contributed by atoms with E-state index in [1.807, 2.05) is 27.8 Å². The van der Waals surface area contributed by atoms with Crippen molar-refractivity contribution in [2.24, 2.45) is 17.1 Å². The molecule has 2 unspecified atom stereocenters. The van der Waals surface area contributed by atoms with E-state index in [-0.39, 0.29) is 17.4 Å². The summed E-state index contributed by atoms with van der Waals surface area (Å²) in [5.41, 5.74) is 5.79. The molecule has 0 saturated carbocycles. The molecule has 0 aromatic carbocycles. The molecule has 0 bridgehead atoms. The summed E-state index contributed by atoms with van der Waals surface area (Å²) in [5, 5.41) is 0. The molecule has 2 N–H and O–H groups in total. The van der Waals surface area contributed by atoms with Crippen molar-refractivity contribution in [2.45, 2.75) is 60.0 Å². The third-order valence-corrected chi connectivity index (χ3v) is 3.02. The minimum atomic E-state index is -0.424. The number of hydrogen-bond donors (Lipinski definition) is 1. The molecule has 0 heterocycles. The first-order chi connectivity index (χ1) is 7.07. The van der Waals surface area contributed by atoms with Crippen LogP contribution in [0.1, 0.15) is 48.0 Å². The van der Waals surface area contributed by atoms with Crippen molar-refractivity contribution in [1.82, 2.24) is 4.90 Å². The number of rotatable bonds is 4. The van der Waals surface area contributed by atoms with Gasteiger partial charge in [-0.15, -0.1) is 0 Å². The number of carbonyl (C=O) groups excluding carboxylic acids is 1. The first-order valence-electron chi connectivity index (χ1n) is 6.09. The van der Waals surface area contributed by atoms with Gasteiger partial charge in [-0.25, -0.2) is 0 Å². The number of amides is 1. The monoisotopic (exact) mass is 228 g/mol. The first kappa shape index (κ1) is 15.4. The molecule has 1 amide bonds. The van der Waals surface area contributed by atoms with Crippen molar-refractivity contribution in [2.75, 3.05) is 7.05 Å². The van der Waals surface area contributed by atoms with Crippen LogP contribution in [0.2, 0.25) is 0 Å². The molecule has 0 aromatic rings. The lowest BCUT2D eigenvalue weighted by molar-refractivity contribution is -0.135. The highest BCUT2D eigenvalue weighted by atomic mass is 16.2. The van der Waals surface area contributed by atoms with Gasteiger partial charge in [0.15, 0.2) is 0 Å². The maximum absolute atomic E-state index is 12.1. The average Bonchev–Trinajstić information content (AvgIpc) is 2.11. The van der Waals surface area contributed by atoms with E-state index in [9.17, 15) is 4.79 Å². The summed E-state index contributed by atoms with van der Waals surface area (Å²) < 4.78 is 0. The molecular weight excluding hydrogens is 200 g/mol. The molecule has 2 atom stereocenters. The fraction of sp³-hybridized carbons (Fsp3) is 0.923. The zero-order valence-electron chi connectivity index (χ0n) is 11.9. The molecule has 0 spiro atoms. The van der Waals surface area contributed by atoms with Crippen molar-refractivity contribution in [3.8, 4) is 0 Å². The van der Waals surface area contributed by atoms with Gasteiger partial charge in [0.1, 0.15) is 0 Å². The van der Waals surface area contributed by atoms with Gasteiger partial charge in [0.2, 0.25) is 5.91 Å². The molecule has 16 heavy (non-hydrogen) atoms. The summed E-state index contributed by atoms with van der Waals surface area (Å²) in [6, 6.07) is -0.173. The van der Waals surface area contributed by atoms with E-state index in [4.69, 9.17) is 5.73 Å². The molecule has 0 rings (SSSR count). The minimum Gasteiger partial charge on any atom is -0.342 e. The summed E-state index contributed by atoms with van der Waals surface area (Å²) in [5.74, 6) is 0.636. The second-order valence-electron chi connectivity index (χ2n) is 6.27. The Balaban J connectivity index is 4.50. The smallest absolute Gasteiger partial charge is 0.240 e. The fourth-order valence-corrected chi connectivity index (χ4v) is 1.65. The van der Waals surface area contributed by atoms with Gasteiger partial charge in [-0.05, 0) is 24.7 Å². The van der Waals surface area contributed by atoms with Crippen LogP contribution >= 0.6 is 0 Å². The zero-order valence-corrected chi connectivity index (χ0v) is 11.9. The molecule has 0 aliphatic rings. The number of likely N-dealkylation sites (N-methyl/N-ethyl adjacent to an activating group) is 1. The summed E-state index contributed by atoms with van der Waals surface area (Å²) >= 11 is 0. The van der Waals surface area contributed by atoms with Gasteiger partial charge in [-0.1, -0.05) is 34.6 Å². The molecule has 0 saturated heterocycles. The number of hydrogen-bond acceptors (Lipinski definition) is 2. The fourth-order valence-electron chi connectivity index (χ4n) is 1.65. The molecule has 0 aliphatic carbocycles. The second-order valence-corrected chi connectivity index (χ2v) is 6.27. The van der Waals surface area contributed by atoms with Gasteiger partial charge in [-0.2, -0.15) is 0 Å². The summed E-state index contributed by atoms with van der Waals surface area (Å²) in [6.45, 7) is 12.4. The lowest BCUT2D eigenvalue weighted by Crippen LogP contribution is -2.51. The SMILES string of the molecule is CC(C)CC(C)N(C)C(=O)C(N)C(C)(C)C. The third-order valence-electron chi connectivity index (χ3n) is 3.02. The zero-order chi connectivity index (χ0) is 13.1. The van der Waals surface area contributed by atoms with Crippen LogP contribution in [0, 0.1) is 11.3 Å². The Morgan fingerprint density at radius 3 is 2.00 bits per heavy atom. The van der Waals surface area contributed by atoms with Crippen LogP contribution in [0.15, 0.2) is 0 Å². The summed E-state index contributed by atoms with van der Waals surface area (Å²) in [4.78, 5) is 13.9. The molecule has 96 valence electrons. The van der Waals surface area contributed by atoms with E-state index in [1.54, 1.807) is 4.90 Å². The number of carbonyl (C=O) groups is 1. The van der Waals surface area contributed by atoms with Crippen LogP contribution in [0.25, 0.3) is 0 Å². The van der Waals surface area contributed by atoms with Crippen molar-refractivity contribution in [3.63, 3.8) is 0 Å². The van der Waals surface area contributed by atoms with Crippen LogP contribution in [0.4, 0.5) is 0 Å². The highest BCUT2D eigenvalue weighted by Crippen LogP contribution is 2.20. The quantitative estimate of drug-likeness (QED) is 0.802. The third kappa shape index (κ3) is 4.52. The van der Waals surface area contributed by atoms with Gasteiger partial charge in [0, 0.05) is 13.1 Å². The Morgan fingerprint density at radius 1 is 1.25 bits per heavy atom. The van der Waals surface area contributed by atoms with Crippen LogP contribution in [0.5, 0.6) is 0 Å². The number of nitrogens with zero attached hydrogens (tertiary/aromatic N) is 1. The Hall–Kier alpha value is -0.570. The maximum Gasteiger partial charge on any atom is 0.240 e. The molecule has 0 radical (unpaired) electrons. The normalized spacial score (nSPS) is 16.1. The standard InChI is InChI=1S/C13H28N2O/c1-9(2)8-10(3)15(7)12(16)11(14)13(4,5)6/h9-11H,8,14H2,1-7H3. The lowest BCUT2D eigenvalue weighted by Gasteiger charge is -2.33. The van der Waals surface area contributed by atoms with Crippen LogP contribution in [0.3, 0.4) is 0 Å². The number of nitrogens with two attached hydrogens (primary N) is 1. The predicted molar refractivity (Wildman–Crippen MR) is 69.1 cm³/mol. The van der Waals surface area contributed by atoms with E-state index in [0.29, 0.717) is 5.92 Å². The summed E-state index contributed by atoms with van der Waals surface area (Å²) in [7, 11) is 1.85. The molecule has 0 fully saturated rings. The molecule has 0 aliphatic heterocycles. The highest BCUT2D eigenvalue weighted by molar-refractivity contribution is 5.82. The average molecular weight is 228 g/mol. The van der Waals surface area contributed by atoms with E-state index >= 15 is 0 Å². The Kier molecular flexibility index (Phi) is 5.47. The van der Waals surface area contributed by atoms with Gasteiger partial charge in [0.25, 0.3) is 0 Å². The Labute approximate surface area is 100 Å². The van der Waals surface area contributed by atoms with Crippen LogP contribution < -0.4 is 5.73 Å². The predicted octanol–water partition coefficient (Wildman–Crippen LogP) is 2.25. The van der Waals surface area contributed by atoms with Crippen molar-refractivity contribution < 1.29 is 4.79 Å². The van der Waals surface area contributed by atoms with Crippen molar-refractivity contribution in [3.05, 3.63) is 0 Å². The first-order valence-corrected chi connectivity index (χ1v) is 6.09. The second kappa shape index (κ2) is 5.67. The van der Waals surface area contributed by atoms with Gasteiger partial charge in [-0.3, -0.25) is 4.79 Å². The minimum absolute atomic E-state index is 0.0423.